The molecule has 0 aliphatic carbocycles. The van der Waals surface area contributed by atoms with Crippen LogP contribution in [0.5, 0.6) is 0 Å². The van der Waals surface area contributed by atoms with Gasteiger partial charge in [-0.3, -0.25) is 9.78 Å². The predicted octanol–water partition coefficient (Wildman–Crippen LogP) is 7.57. The molecular formula is C32H55N3O6. The average molecular weight is 578 g/mol. The summed E-state index contributed by atoms with van der Waals surface area (Å²) < 4.78 is 15.7. The summed E-state index contributed by atoms with van der Waals surface area (Å²) in [6, 6.07) is 5.24. The summed E-state index contributed by atoms with van der Waals surface area (Å²) in [6.07, 6.45) is 20.5. The number of pyridine rings is 1. The Morgan fingerprint density at radius 2 is 1.34 bits per heavy atom. The van der Waals surface area contributed by atoms with E-state index in [1.807, 2.05) is 0 Å². The molecule has 0 aliphatic rings. The van der Waals surface area contributed by atoms with Crippen molar-refractivity contribution in [2.45, 2.75) is 129 Å². The molecule has 1 heterocycles. The lowest BCUT2D eigenvalue weighted by atomic mass is 10.0. The Bertz CT molecular complexity index is 808. The quantitative estimate of drug-likeness (QED) is 0.126. The summed E-state index contributed by atoms with van der Waals surface area (Å²) in [5.74, 6) is -0.459. The van der Waals surface area contributed by atoms with Crippen LogP contribution < -0.4 is 5.32 Å². The number of unbranched alkanes of at least 4 members (excludes halogenated alkanes) is 15. The van der Waals surface area contributed by atoms with E-state index in [1.165, 1.54) is 104 Å². The highest BCUT2D eigenvalue weighted by atomic mass is 16.6. The fourth-order valence-corrected chi connectivity index (χ4v) is 4.47. The summed E-state index contributed by atoms with van der Waals surface area (Å²) in [7, 11) is 1.44. The number of aromatic nitrogens is 1. The van der Waals surface area contributed by atoms with Gasteiger partial charge in [0.15, 0.2) is 0 Å². The molecule has 0 fully saturated rings. The molecule has 1 N–H and O–H groups in total. The highest BCUT2D eigenvalue weighted by molar-refractivity contribution is 5.90. The molecule has 0 aromatic carbocycles. The van der Waals surface area contributed by atoms with E-state index in [9.17, 15) is 14.4 Å². The van der Waals surface area contributed by atoms with Gasteiger partial charge in [0.2, 0.25) is 5.91 Å². The zero-order chi connectivity index (χ0) is 30.0. The van der Waals surface area contributed by atoms with Gasteiger partial charge >= 0.3 is 12.2 Å². The number of ether oxygens (including phenoxy) is 3. The van der Waals surface area contributed by atoms with Crippen molar-refractivity contribution in [3.63, 3.8) is 0 Å². The number of nitrogens with one attached hydrogen (secondary N) is 1. The Morgan fingerprint density at radius 1 is 0.805 bits per heavy atom. The first kappa shape index (κ1) is 36.3. The van der Waals surface area contributed by atoms with E-state index in [0.29, 0.717) is 12.2 Å². The number of alkyl carbamates (subject to hydrolysis) is 1. The van der Waals surface area contributed by atoms with Gasteiger partial charge in [0.05, 0.1) is 12.2 Å². The number of nitrogens with zero attached hydrogens (tertiary/aromatic N) is 2. The topological polar surface area (TPSA) is 107 Å². The maximum absolute atomic E-state index is 12.4. The zero-order valence-electron chi connectivity index (χ0n) is 25.9. The molecule has 9 nitrogen and oxygen atoms in total. The van der Waals surface area contributed by atoms with Crippen LogP contribution in [0, 0.1) is 0 Å². The maximum atomic E-state index is 12.4. The Morgan fingerprint density at radius 3 is 1.83 bits per heavy atom. The standard InChI is InChI=1S/C32H55N3O6/c1-4-5-6-7-8-9-10-11-12-13-14-15-16-17-18-20-24-34-31(37)40-26-30(39-3)27-41-32(38)35(28(2)36)25-29-22-19-21-23-33-29/h19,21-23,30H,4-18,20,24-27H2,1-3H3,(H,34,37). The molecule has 1 unspecified atom stereocenters. The van der Waals surface area contributed by atoms with Crippen LogP contribution in [0.2, 0.25) is 0 Å². The van der Waals surface area contributed by atoms with Gasteiger partial charge in [0.1, 0.15) is 19.3 Å². The molecule has 41 heavy (non-hydrogen) atoms. The van der Waals surface area contributed by atoms with Crippen molar-refractivity contribution in [3.05, 3.63) is 30.1 Å². The highest BCUT2D eigenvalue weighted by Crippen LogP contribution is 2.13. The van der Waals surface area contributed by atoms with Crippen LogP contribution >= 0.6 is 0 Å². The van der Waals surface area contributed by atoms with E-state index in [0.717, 1.165) is 17.7 Å². The number of carbonyl (C=O) groups excluding carboxylic acids is 3. The number of methoxy groups -OCH3 is 1. The van der Waals surface area contributed by atoms with Crippen LogP contribution in [-0.2, 0) is 25.5 Å². The summed E-state index contributed by atoms with van der Waals surface area (Å²) >= 11 is 0. The highest BCUT2D eigenvalue weighted by Gasteiger charge is 2.22. The minimum atomic E-state index is -0.807. The molecule has 9 heteroatoms. The van der Waals surface area contributed by atoms with Gasteiger partial charge in [-0.15, -0.1) is 0 Å². The maximum Gasteiger partial charge on any atom is 0.416 e. The number of rotatable bonds is 24. The Hall–Kier alpha value is -2.68. The molecule has 1 atom stereocenters. The third-order valence-electron chi connectivity index (χ3n) is 7.07. The predicted molar refractivity (Wildman–Crippen MR) is 162 cm³/mol. The monoisotopic (exact) mass is 577 g/mol. The van der Waals surface area contributed by atoms with Gasteiger partial charge < -0.3 is 19.5 Å². The molecule has 0 aliphatic heterocycles. The molecule has 1 aromatic heterocycles. The van der Waals surface area contributed by atoms with Crippen molar-refractivity contribution >= 4 is 18.1 Å². The second kappa shape index (κ2) is 25.1. The van der Waals surface area contributed by atoms with Crippen molar-refractivity contribution in [1.29, 1.82) is 0 Å². The number of amides is 3. The first-order chi connectivity index (χ1) is 20.0. The fraction of sp³-hybridized carbons (Fsp3) is 0.750. The van der Waals surface area contributed by atoms with Crippen molar-refractivity contribution in [2.24, 2.45) is 0 Å². The molecule has 1 aromatic rings. The Balaban J connectivity index is 2.02. The van der Waals surface area contributed by atoms with Crippen molar-refractivity contribution < 1.29 is 28.6 Å². The first-order valence-electron chi connectivity index (χ1n) is 15.8. The Labute approximate surface area is 248 Å². The molecule has 1 rings (SSSR count). The normalized spacial score (nSPS) is 11.6. The molecule has 3 amide bonds. The average Bonchev–Trinajstić information content (AvgIpc) is 2.97. The van der Waals surface area contributed by atoms with Crippen molar-refractivity contribution in [2.75, 3.05) is 26.9 Å². The lowest BCUT2D eigenvalue weighted by Gasteiger charge is -2.21. The second-order valence-electron chi connectivity index (χ2n) is 10.7. The smallest absolute Gasteiger partial charge is 0.416 e. The van der Waals surface area contributed by atoms with Gasteiger partial charge in [0.25, 0.3) is 0 Å². The van der Waals surface area contributed by atoms with Gasteiger partial charge in [-0.25, -0.2) is 14.5 Å². The number of hydrogen-bond donors (Lipinski definition) is 1. The molecule has 0 saturated heterocycles. The van der Waals surface area contributed by atoms with E-state index in [2.05, 4.69) is 17.2 Å². The first-order valence-corrected chi connectivity index (χ1v) is 15.8. The van der Waals surface area contributed by atoms with Crippen LogP contribution in [0.4, 0.5) is 9.59 Å². The summed E-state index contributed by atoms with van der Waals surface area (Å²) in [5, 5.41) is 2.75. The molecule has 0 spiro atoms. The molecule has 0 bridgehead atoms. The summed E-state index contributed by atoms with van der Waals surface area (Å²) in [4.78, 5) is 41.4. The van der Waals surface area contributed by atoms with E-state index in [1.54, 1.807) is 24.4 Å². The number of imide groups is 1. The fourth-order valence-electron chi connectivity index (χ4n) is 4.47. The van der Waals surface area contributed by atoms with E-state index < -0.39 is 24.2 Å². The van der Waals surface area contributed by atoms with Gasteiger partial charge in [-0.2, -0.15) is 0 Å². The second-order valence-corrected chi connectivity index (χ2v) is 10.7. The zero-order valence-corrected chi connectivity index (χ0v) is 25.9. The largest absolute Gasteiger partial charge is 0.447 e. The number of hydrogen-bond acceptors (Lipinski definition) is 7. The molecule has 0 saturated carbocycles. The Kier molecular flexibility index (Phi) is 22.2. The number of carbonyl (C=O) groups is 3. The van der Waals surface area contributed by atoms with Gasteiger partial charge in [-0.1, -0.05) is 109 Å². The van der Waals surface area contributed by atoms with Gasteiger partial charge in [0, 0.05) is 26.8 Å². The lowest BCUT2D eigenvalue weighted by Crippen LogP contribution is -2.38. The van der Waals surface area contributed by atoms with Gasteiger partial charge in [-0.05, 0) is 18.6 Å². The van der Waals surface area contributed by atoms with Crippen LogP contribution in [-0.4, -0.2) is 60.9 Å². The minimum absolute atomic E-state index is 0.00488. The van der Waals surface area contributed by atoms with E-state index in [-0.39, 0.29) is 19.8 Å². The van der Waals surface area contributed by atoms with E-state index in [4.69, 9.17) is 14.2 Å². The van der Waals surface area contributed by atoms with Crippen LogP contribution in [0.1, 0.15) is 122 Å². The van der Waals surface area contributed by atoms with Crippen LogP contribution in [0.25, 0.3) is 0 Å². The van der Waals surface area contributed by atoms with Crippen LogP contribution in [0.3, 0.4) is 0 Å². The third kappa shape index (κ3) is 19.9. The molecule has 0 radical (unpaired) electrons. The van der Waals surface area contributed by atoms with Crippen molar-refractivity contribution in [3.8, 4) is 0 Å². The minimum Gasteiger partial charge on any atom is -0.447 e. The lowest BCUT2D eigenvalue weighted by molar-refractivity contribution is -0.128. The van der Waals surface area contributed by atoms with Crippen LogP contribution in [0.15, 0.2) is 24.4 Å². The molecule has 234 valence electrons. The summed E-state index contributed by atoms with van der Waals surface area (Å²) in [5.41, 5.74) is 0.562. The van der Waals surface area contributed by atoms with Crippen molar-refractivity contribution in [1.82, 2.24) is 15.2 Å². The van der Waals surface area contributed by atoms with E-state index >= 15 is 0 Å². The third-order valence-corrected chi connectivity index (χ3v) is 7.07. The molecular weight excluding hydrogens is 522 g/mol. The summed E-state index contributed by atoms with van der Waals surface area (Å²) in [6.45, 7) is 3.88. The SMILES string of the molecule is CCCCCCCCCCCCCCCCCCNC(=O)OCC(COC(=O)N(Cc1ccccn1)C(C)=O)OC.